The van der Waals surface area contributed by atoms with Crippen LogP contribution < -0.4 is 10.1 Å². The second-order valence-electron chi connectivity index (χ2n) is 5.34. The van der Waals surface area contributed by atoms with Crippen molar-refractivity contribution in [1.82, 2.24) is 5.32 Å². The standard InChI is InChI=1S/C18H23NO3/c1-14(13-22-16-10-6-3-7-11-16)19-17(12-20)18(21)15-8-4-2-5-9-15/h2-11,14,17-21H,12-13H2,1H3/t14-,17-,18+/m0/s1. The van der Waals surface area contributed by atoms with E-state index in [4.69, 9.17) is 4.74 Å². The summed E-state index contributed by atoms with van der Waals surface area (Å²) in [7, 11) is 0. The van der Waals surface area contributed by atoms with Crippen LogP contribution in [0.1, 0.15) is 18.6 Å². The van der Waals surface area contributed by atoms with Crippen molar-refractivity contribution < 1.29 is 14.9 Å². The predicted molar refractivity (Wildman–Crippen MR) is 86.8 cm³/mol. The number of para-hydroxylation sites is 1. The Morgan fingerprint density at radius 2 is 1.59 bits per heavy atom. The summed E-state index contributed by atoms with van der Waals surface area (Å²) in [6.07, 6.45) is -0.759. The molecular formula is C18H23NO3. The molecule has 3 atom stereocenters. The lowest BCUT2D eigenvalue weighted by molar-refractivity contribution is 0.0797. The minimum absolute atomic E-state index is 0.00396. The van der Waals surface area contributed by atoms with E-state index in [0.29, 0.717) is 6.61 Å². The molecule has 0 spiro atoms. The number of aliphatic hydroxyl groups is 2. The van der Waals surface area contributed by atoms with Crippen LogP contribution in [0, 0.1) is 0 Å². The monoisotopic (exact) mass is 301 g/mol. The Balaban J connectivity index is 1.86. The number of hydrogen-bond donors (Lipinski definition) is 3. The molecule has 3 N–H and O–H groups in total. The molecule has 0 saturated carbocycles. The Bertz CT molecular complexity index is 533. The molecule has 0 aliphatic rings. The first-order valence-electron chi connectivity index (χ1n) is 7.48. The third-order valence-electron chi connectivity index (χ3n) is 3.46. The summed E-state index contributed by atoms with van der Waals surface area (Å²) in [5.41, 5.74) is 0.783. The maximum absolute atomic E-state index is 10.4. The predicted octanol–water partition coefficient (Wildman–Crippen LogP) is 2.14. The topological polar surface area (TPSA) is 61.7 Å². The van der Waals surface area contributed by atoms with Gasteiger partial charge in [-0.25, -0.2) is 0 Å². The zero-order chi connectivity index (χ0) is 15.8. The third kappa shape index (κ3) is 4.84. The maximum atomic E-state index is 10.4. The Morgan fingerprint density at radius 1 is 1.00 bits per heavy atom. The Hall–Kier alpha value is -1.88. The fourth-order valence-corrected chi connectivity index (χ4v) is 2.28. The molecule has 0 unspecified atom stereocenters. The summed E-state index contributed by atoms with van der Waals surface area (Å²) >= 11 is 0. The number of nitrogens with one attached hydrogen (secondary N) is 1. The molecule has 0 amide bonds. The second kappa shape index (κ2) is 8.54. The largest absolute Gasteiger partial charge is 0.492 e. The number of rotatable bonds is 8. The Morgan fingerprint density at radius 3 is 2.18 bits per heavy atom. The van der Waals surface area contributed by atoms with Crippen molar-refractivity contribution in [3.05, 3.63) is 66.2 Å². The van der Waals surface area contributed by atoms with Gasteiger partial charge in [0.15, 0.2) is 0 Å². The molecule has 0 aromatic heterocycles. The molecule has 2 aromatic rings. The van der Waals surface area contributed by atoms with E-state index in [2.05, 4.69) is 5.32 Å². The SMILES string of the molecule is C[C@@H](COc1ccccc1)N[C@@H](CO)[C@H](O)c1ccccc1. The highest BCUT2D eigenvalue weighted by molar-refractivity contribution is 5.21. The molecule has 2 rings (SSSR count). The minimum Gasteiger partial charge on any atom is -0.492 e. The van der Waals surface area contributed by atoms with E-state index in [1.165, 1.54) is 0 Å². The average Bonchev–Trinajstić information content (AvgIpc) is 2.59. The summed E-state index contributed by atoms with van der Waals surface area (Å²) in [4.78, 5) is 0. The summed E-state index contributed by atoms with van der Waals surface area (Å²) in [5.74, 6) is 0.806. The van der Waals surface area contributed by atoms with Gasteiger partial charge in [0.05, 0.1) is 18.8 Å². The van der Waals surface area contributed by atoms with Crippen molar-refractivity contribution >= 4 is 0 Å². The van der Waals surface area contributed by atoms with Gasteiger partial charge in [-0.15, -0.1) is 0 Å². The maximum Gasteiger partial charge on any atom is 0.119 e. The van der Waals surface area contributed by atoms with Crippen LogP contribution in [-0.4, -0.2) is 35.5 Å². The van der Waals surface area contributed by atoms with Crippen molar-refractivity contribution in [2.45, 2.75) is 25.1 Å². The van der Waals surface area contributed by atoms with Gasteiger partial charge in [0, 0.05) is 6.04 Å². The van der Waals surface area contributed by atoms with Crippen LogP contribution in [0.15, 0.2) is 60.7 Å². The van der Waals surface area contributed by atoms with Crippen LogP contribution in [-0.2, 0) is 0 Å². The van der Waals surface area contributed by atoms with Crippen LogP contribution in [0.5, 0.6) is 5.75 Å². The van der Waals surface area contributed by atoms with Crippen molar-refractivity contribution in [3.8, 4) is 5.75 Å². The molecule has 0 fully saturated rings. The van der Waals surface area contributed by atoms with Gasteiger partial charge in [0.25, 0.3) is 0 Å². The van der Waals surface area contributed by atoms with Crippen molar-refractivity contribution in [2.75, 3.05) is 13.2 Å². The highest BCUT2D eigenvalue weighted by Crippen LogP contribution is 2.17. The van der Waals surface area contributed by atoms with Crippen molar-refractivity contribution in [3.63, 3.8) is 0 Å². The van der Waals surface area contributed by atoms with Gasteiger partial charge in [0.2, 0.25) is 0 Å². The van der Waals surface area contributed by atoms with Gasteiger partial charge in [-0.05, 0) is 24.6 Å². The van der Waals surface area contributed by atoms with Crippen LogP contribution >= 0.6 is 0 Å². The van der Waals surface area contributed by atoms with E-state index in [-0.39, 0.29) is 12.6 Å². The van der Waals surface area contributed by atoms with Gasteiger partial charge >= 0.3 is 0 Å². The highest BCUT2D eigenvalue weighted by Gasteiger charge is 2.21. The van der Waals surface area contributed by atoms with Gasteiger partial charge in [-0.1, -0.05) is 48.5 Å². The molecular weight excluding hydrogens is 278 g/mol. The molecule has 22 heavy (non-hydrogen) atoms. The smallest absolute Gasteiger partial charge is 0.119 e. The first-order valence-corrected chi connectivity index (χ1v) is 7.48. The first kappa shape index (κ1) is 16.5. The molecule has 4 heteroatoms. The molecule has 0 radical (unpaired) electrons. The molecule has 2 aromatic carbocycles. The van der Waals surface area contributed by atoms with E-state index in [1.807, 2.05) is 67.6 Å². The fourth-order valence-electron chi connectivity index (χ4n) is 2.28. The lowest BCUT2D eigenvalue weighted by Gasteiger charge is -2.26. The zero-order valence-corrected chi connectivity index (χ0v) is 12.7. The number of benzene rings is 2. The zero-order valence-electron chi connectivity index (χ0n) is 12.7. The first-order chi connectivity index (χ1) is 10.7. The van der Waals surface area contributed by atoms with E-state index >= 15 is 0 Å². The summed E-state index contributed by atoms with van der Waals surface area (Å²) in [6, 6.07) is 18.5. The summed E-state index contributed by atoms with van der Waals surface area (Å²) < 4.78 is 5.67. The molecule has 118 valence electrons. The quantitative estimate of drug-likeness (QED) is 0.699. The lowest BCUT2D eigenvalue weighted by atomic mass is 10.0. The molecule has 0 heterocycles. The molecule has 0 aliphatic heterocycles. The third-order valence-corrected chi connectivity index (χ3v) is 3.46. The number of hydrogen-bond acceptors (Lipinski definition) is 4. The summed E-state index contributed by atoms with van der Waals surface area (Å²) in [5, 5.41) is 23.1. The number of ether oxygens (including phenoxy) is 1. The van der Waals surface area contributed by atoms with Gasteiger partial charge in [-0.3, -0.25) is 0 Å². The van der Waals surface area contributed by atoms with E-state index in [1.54, 1.807) is 0 Å². The van der Waals surface area contributed by atoms with Crippen LogP contribution in [0.4, 0.5) is 0 Å². The molecule has 4 nitrogen and oxygen atoms in total. The van der Waals surface area contributed by atoms with E-state index in [0.717, 1.165) is 11.3 Å². The minimum atomic E-state index is -0.759. The molecule has 0 aliphatic carbocycles. The molecule has 0 bridgehead atoms. The van der Waals surface area contributed by atoms with Gasteiger partial charge in [-0.2, -0.15) is 0 Å². The molecule has 0 saturated heterocycles. The van der Waals surface area contributed by atoms with E-state index < -0.39 is 12.1 Å². The van der Waals surface area contributed by atoms with Gasteiger partial charge < -0.3 is 20.3 Å². The van der Waals surface area contributed by atoms with Gasteiger partial charge in [0.1, 0.15) is 12.4 Å². The average molecular weight is 301 g/mol. The van der Waals surface area contributed by atoms with Crippen LogP contribution in [0.3, 0.4) is 0 Å². The fraction of sp³-hybridized carbons (Fsp3) is 0.333. The van der Waals surface area contributed by atoms with E-state index in [9.17, 15) is 10.2 Å². The summed E-state index contributed by atoms with van der Waals surface area (Å²) in [6.45, 7) is 2.27. The van der Waals surface area contributed by atoms with Crippen LogP contribution in [0.25, 0.3) is 0 Å². The normalized spacial score (nSPS) is 15.0. The lowest BCUT2D eigenvalue weighted by Crippen LogP contribution is -2.45. The van der Waals surface area contributed by atoms with Crippen LogP contribution in [0.2, 0.25) is 0 Å². The number of aliphatic hydroxyl groups excluding tert-OH is 2. The van der Waals surface area contributed by atoms with Crippen molar-refractivity contribution in [1.29, 1.82) is 0 Å². The Kier molecular flexibility index (Phi) is 6.40. The second-order valence-corrected chi connectivity index (χ2v) is 5.34. The highest BCUT2D eigenvalue weighted by atomic mass is 16.5. The Labute approximate surface area is 131 Å². The van der Waals surface area contributed by atoms with Crippen molar-refractivity contribution in [2.24, 2.45) is 0 Å².